The Morgan fingerprint density at radius 2 is 1.47 bits per heavy atom. The van der Waals surface area contributed by atoms with E-state index in [1.165, 1.54) is 0 Å². The van der Waals surface area contributed by atoms with E-state index in [4.69, 9.17) is 8.85 Å². The van der Waals surface area contributed by atoms with Crippen LogP contribution in [0.4, 0.5) is 0 Å². The van der Waals surface area contributed by atoms with Crippen molar-refractivity contribution in [3.8, 4) is 0 Å². The van der Waals surface area contributed by atoms with Gasteiger partial charge in [0.2, 0.25) is 16.6 Å². The van der Waals surface area contributed by atoms with Gasteiger partial charge in [0.1, 0.15) is 0 Å². The van der Waals surface area contributed by atoms with Crippen LogP contribution in [0.15, 0.2) is 11.8 Å². The first-order chi connectivity index (χ1) is 7.55. The summed E-state index contributed by atoms with van der Waals surface area (Å²) in [6, 6.07) is 0. The Hall–Kier alpha value is -0.556. The van der Waals surface area contributed by atoms with Crippen molar-refractivity contribution >= 4 is 22.6 Å². The van der Waals surface area contributed by atoms with Crippen LogP contribution in [0.25, 0.3) is 0 Å². The third-order valence-electron chi connectivity index (χ3n) is 1.63. The topological polar surface area (TPSA) is 35.5 Å². The van der Waals surface area contributed by atoms with Gasteiger partial charge in [-0.2, -0.15) is 0 Å². The quantitative estimate of drug-likeness (QED) is 0.418. The molecule has 0 atom stereocenters. The molecule has 0 aromatic carbocycles. The van der Waals surface area contributed by atoms with Crippen LogP contribution in [0.5, 0.6) is 0 Å². The predicted molar refractivity (Wildman–Crippen MR) is 76.9 cm³/mol. The second-order valence-corrected chi connectivity index (χ2v) is 14.9. The molecular weight excluding hydrogens is 248 g/mol. The van der Waals surface area contributed by atoms with Gasteiger partial charge in [0.05, 0.1) is 0 Å². The number of hydrogen-bond acceptors (Lipinski definition) is 3. The molecule has 0 aliphatic carbocycles. The summed E-state index contributed by atoms with van der Waals surface area (Å²) < 4.78 is 11.3. The highest BCUT2D eigenvalue weighted by molar-refractivity contribution is 6.72. The molecule has 0 unspecified atom stereocenters. The zero-order chi connectivity index (χ0) is 13.7. The lowest BCUT2D eigenvalue weighted by Crippen LogP contribution is -2.34. The maximum absolute atomic E-state index is 12.0. The van der Waals surface area contributed by atoms with E-state index < -0.39 is 16.6 Å². The highest BCUT2D eigenvalue weighted by atomic mass is 28.4. The van der Waals surface area contributed by atoms with Crippen LogP contribution < -0.4 is 0 Å². The van der Waals surface area contributed by atoms with Crippen molar-refractivity contribution in [2.24, 2.45) is 0 Å². The molecule has 0 N–H and O–H groups in total. The molecule has 0 saturated carbocycles. The number of allylic oxidation sites excluding steroid dienone is 1. The largest absolute Gasteiger partial charge is 0.540 e. The summed E-state index contributed by atoms with van der Waals surface area (Å²) >= 11 is 0. The van der Waals surface area contributed by atoms with E-state index in [-0.39, 0.29) is 5.97 Å². The summed E-state index contributed by atoms with van der Waals surface area (Å²) in [6.07, 6.45) is 3.71. The Bertz CT molecular complexity index is 285. The lowest BCUT2D eigenvalue weighted by molar-refractivity contribution is -0.133. The van der Waals surface area contributed by atoms with E-state index in [2.05, 4.69) is 26.6 Å². The van der Waals surface area contributed by atoms with Gasteiger partial charge < -0.3 is 8.85 Å². The molecule has 0 aliphatic heterocycles. The second kappa shape index (κ2) is 6.40. The maximum Gasteiger partial charge on any atom is 0.358 e. The molecular formula is C12H26O3Si2. The number of unbranched alkanes of at least 4 members (excludes halogenated alkanes) is 1. The molecule has 0 fully saturated rings. The molecule has 0 heterocycles. The Morgan fingerprint density at radius 3 is 1.82 bits per heavy atom. The Morgan fingerprint density at radius 1 is 1.00 bits per heavy atom. The van der Waals surface area contributed by atoms with Crippen LogP contribution in [0, 0.1) is 0 Å². The van der Waals surface area contributed by atoms with E-state index >= 15 is 0 Å². The minimum Gasteiger partial charge on any atom is -0.540 e. The third kappa shape index (κ3) is 9.17. The van der Waals surface area contributed by atoms with E-state index in [1.54, 1.807) is 0 Å². The average molecular weight is 275 g/mol. The van der Waals surface area contributed by atoms with Crippen molar-refractivity contribution in [3.05, 3.63) is 11.8 Å². The first-order valence-electron chi connectivity index (χ1n) is 6.17. The molecule has 0 saturated heterocycles. The van der Waals surface area contributed by atoms with Crippen molar-refractivity contribution in [1.29, 1.82) is 0 Å². The normalized spacial score (nSPS) is 13.5. The summed E-state index contributed by atoms with van der Waals surface area (Å²) in [5.41, 5.74) is 0. The van der Waals surface area contributed by atoms with E-state index in [0.717, 1.165) is 12.8 Å². The smallest absolute Gasteiger partial charge is 0.358 e. The van der Waals surface area contributed by atoms with Crippen LogP contribution in [-0.2, 0) is 13.6 Å². The number of hydrogen-bond donors (Lipinski definition) is 0. The number of carbonyl (C=O) groups is 1. The monoisotopic (exact) mass is 274 g/mol. The molecule has 0 spiro atoms. The highest BCUT2D eigenvalue weighted by Gasteiger charge is 2.26. The van der Waals surface area contributed by atoms with Gasteiger partial charge in [-0.25, -0.2) is 4.79 Å². The summed E-state index contributed by atoms with van der Waals surface area (Å²) in [5, 5.41) is 0. The van der Waals surface area contributed by atoms with Crippen LogP contribution in [-0.4, -0.2) is 22.6 Å². The molecule has 0 aromatic heterocycles. The molecule has 3 nitrogen and oxygen atoms in total. The van der Waals surface area contributed by atoms with Crippen LogP contribution in [0.3, 0.4) is 0 Å². The Balaban J connectivity index is 4.76. The summed E-state index contributed by atoms with van der Waals surface area (Å²) in [6.45, 7) is 14.3. The van der Waals surface area contributed by atoms with Gasteiger partial charge in [-0.05, 0) is 51.8 Å². The first kappa shape index (κ1) is 16.4. The first-order valence-corrected chi connectivity index (χ1v) is 13.0. The Kier molecular flexibility index (Phi) is 6.19. The number of rotatable bonds is 6. The minimum atomic E-state index is -1.85. The van der Waals surface area contributed by atoms with E-state index in [0.29, 0.717) is 5.76 Å². The maximum atomic E-state index is 12.0. The molecule has 5 heteroatoms. The van der Waals surface area contributed by atoms with Gasteiger partial charge in [0.25, 0.3) is 0 Å². The van der Waals surface area contributed by atoms with Gasteiger partial charge in [0, 0.05) is 0 Å². The van der Waals surface area contributed by atoms with Crippen LogP contribution in [0.2, 0.25) is 39.3 Å². The van der Waals surface area contributed by atoms with Crippen molar-refractivity contribution in [3.63, 3.8) is 0 Å². The SMILES string of the molecule is CCC/C=C(\O[Si](C)(C)C)C(=O)O[Si](C)(C)C. The zero-order valence-electron chi connectivity index (χ0n) is 12.2. The summed E-state index contributed by atoms with van der Waals surface area (Å²) in [5.74, 6) is 0.119. The van der Waals surface area contributed by atoms with Crippen molar-refractivity contribution in [2.75, 3.05) is 0 Å². The van der Waals surface area contributed by atoms with Gasteiger partial charge in [-0.1, -0.05) is 13.3 Å². The third-order valence-corrected chi connectivity index (χ3v) is 3.26. The second-order valence-electron chi connectivity index (χ2n) is 6.07. The average Bonchev–Trinajstić information content (AvgIpc) is 2.07. The van der Waals surface area contributed by atoms with Gasteiger partial charge in [-0.3, -0.25) is 0 Å². The van der Waals surface area contributed by atoms with Crippen molar-refractivity contribution < 1.29 is 13.6 Å². The molecule has 0 rings (SSSR count). The zero-order valence-corrected chi connectivity index (χ0v) is 14.2. The summed E-state index contributed by atoms with van der Waals surface area (Å²) in [4.78, 5) is 12.0. The fourth-order valence-electron chi connectivity index (χ4n) is 1.10. The van der Waals surface area contributed by atoms with Gasteiger partial charge >= 0.3 is 5.97 Å². The lowest BCUT2D eigenvalue weighted by Gasteiger charge is -2.24. The molecule has 17 heavy (non-hydrogen) atoms. The molecule has 0 amide bonds. The van der Waals surface area contributed by atoms with Gasteiger partial charge in [0.15, 0.2) is 5.76 Å². The van der Waals surface area contributed by atoms with Crippen molar-refractivity contribution in [2.45, 2.75) is 59.0 Å². The van der Waals surface area contributed by atoms with E-state index in [1.807, 2.05) is 25.7 Å². The summed E-state index contributed by atoms with van der Waals surface area (Å²) in [7, 11) is -3.61. The molecule has 0 aliphatic rings. The van der Waals surface area contributed by atoms with E-state index in [9.17, 15) is 4.79 Å². The molecule has 0 radical (unpaired) electrons. The predicted octanol–water partition coefficient (Wildman–Crippen LogP) is 3.90. The fourth-order valence-corrected chi connectivity index (χ4v) is 2.58. The molecule has 100 valence electrons. The van der Waals surface area contributed by atoms with Crippen LogP contribution in [0.1, 0.15) is 19.8 Å². The molecule has 0 aromatic rings. The Labute approximate surface area is 107 Å². The van der Waals surface area contributed by atoms with Crippen LogP contribution >= 0.6 is 0 Å². The minimum absolute atomic E-state index is 0.292. The standard InChI is InChI=1S/C12H26O3Si2/c1-8-9-10-11(14-16(2,3)4)12(13)15-17(5,6)7/h10H,8-9H2,1-7H3/b11-10-. The van der Waals surface area contributed by atoms with Gasteiger partial charge in [-0.15, -0.1) is 0 Å². The van der Waals surface area contributed by atoms with Crippen molar-refractivity contribution in [1.82, 2.24) is 0 Å². The fraction of sp³-hybridized carbons (Fsp3) is 0.750. The number of carbonyl (C=O) groups excluding carboxylic acids is 1. The lowest BCUT2D eigenvalue weighted by atomic mass is 10.3. The molecule has 0 bridgehead atoms. The highest BCUT2D eigenvalue weighted by Crippen LogP contribution is 2.15.